The van der Waals surface area contributed by atoms with E-state index in [0.29, 0.717) is 19.4 Å². The van der Waals surface area contributed by atoms with E-state index < -0.39 is 5.82 Å². The molecular formula is C10H9FN2O2. The first kappa shape index (κ1) is 9.64. The molecule has 1 aliphatic rings. The fourth-order valence-electron chi connectivity index (χ4n) is 1.52. The van der Waals surface area contributed by atoms with Crippen LogP contribution in [0.15, 0.2) is 18.2 Å². The summed E-state index contributed by atoms with van der Waals surface area (Å²) in [6, 6.07) is 3.72. The number of benzene rings is 1. The minimum absolute atomic E-state index is 0.204. The van der Waals surface area contributed by atoms with E-state index in [4.69, 9.17) is 0 Å². The molecule has 1 fully saturated rings. The molecule has 0 bridgehead atoms. The van der Waals surface area contributed by atoms with Gasteiger partial charge >= 0.3 is 6.03 Å². The summed E-state index contributed by atoms with van der Waals surface area (Å²) in [5, 5.41) is 2.57. The van der Waals surface area contributed by atoms with Crippen molar-refractivity contribution in [1.82, 2.24) is 5.32 Å². The highest BCUT2D eigenvalue weighted by Crippen LogP contribution is 2.21. The minimum Gasteiger partial charge on any atom is -0.336 e. The van der Waals surface area contributed by atoms with Gasteiger partial charge in [-0.1, -0.05) is 0 Å². The second kappa shape index (κ2) is 3.68. The molecule has 0 aromatic heterocycles. The Kier molecular flexibility index (Phi) is 2.37. The van der Waals surface area contributed by atoms with Gasteiger partial charge in [0.05, 0.1) is 5.69 Å². The third kappa shape index (κ3) is 1.68. The van der Waals surface area contributed by atoms with Crippen LogP contribution >= 0.6 is 0 Å². The average molecular weight is 208 g/mol. The maximum atomic E-state index is 13.5. The Balaban J connectivity index is 2.36. The zero-order valence-corrected chi connectivity index (χ0v) is 7.87. The molecule has 1 aromatic carbocycles. The number of carbonyl (C=O) groups excluding carboxylic acids is 2. The van der Waals surface area contributed by atoms with E-state index in [2.05, 4.69) is 5.32 Å². The highest BCUT2D eigenvalue weighted by atomic mass is 19.1. The summed E-state index contributed by atoms with van der Waals surface area (Å²) in [7, 11) is 0. The molecule has 0 aliphatic carbocycles. The van der Waals surface area contributed by atoms with Crippen molar-refractivity contribution in [2.24, 2.45) is 0 Å². The number of aldehydes is 1. The molecule has 0 radical (unpaired) electrons. The maximum Gasteiger partial charge on any atom is 0.322 e. The van der Waals surface area contributed by atoms with Crippen molar-refractivity contribution in [2.75, 3.05) is 18.0 Å². The fraction of sp³-hybridized carbons (Fsp3) is 0.200. The second-order valence-corrected chi connectivity index (χ2v) is 3.21. The van der Waals surface area contributed by atoms with Crippen LogP contribution in [0.1, 0.15) is 10.4 Å². The Bertz CT molecular complexity index is 420. The molecular weight excluding hydrogens is 199 g/mol. The zero-order valence-electron chi connectivity index (χ0n) is 7.87. The van der Waals surface area contributed by atoms with Crippen molar-refractivity contribution >= 4 is 18.0 Å². The van der Waals surface area contributed by atoms with Gasteiger partial charge in [0.2, 0.25) is 0 Å². The van der Waals surface area contributed by atoms with Crippen LogP contribution in [-0.2, 0) is 0 Å². The number of halogens is 1. The minimum atomic E-state index is -0.559. The number of nitrogens with one attached hydrogen (secondary N) is 1. The molecule has 1 saturated heterocycles. The fourth-order valence-corrected chi connectivity index (χ4v) is 1.52. The molecule has 1 heterocycles. The van der Waals surface area contributed by atoms with Crippen molar-refractivity contribution in [1.29, 1.82) is 0 Å². The molecule has 1 aliphatic heterocycles. The molecule has 1 aromatic rings. The van der Waals surface area contributed by atoms with Crippen molar-refractivity contribution in [3.05, 3.63) is 29.6 Å². The molecule has 1 N–H and O–H groups in total. The van der Waals surface area contributed by atoms with Gasteiger partial charge in [0.25, 0.3) is 0 Å². The van der Waals surface area contributed by atoms with E-state index >= 15 is 0 Å². The lowest BCUT2D eigenvalue weighted by Crippen LogP contribution is -2.28. The van der Waals surface area contributed by atoms with Crippen LogP contribution < -0.4 is 10.2 Å². The molecule has 0 spiro atoms. The molecule has 5 heteroatoms. The van der Waals surface area contributed by atoms with Gasteiger partial charge in [0.15, 0.2) is 0 Å². The Morgan fingerprint density at radius 1 is 1.47 bits per heavy atom. The molecule has 4 nitrogen and oxygen atoms in total. The van der Waals surface area contributed by atoms with E-state index in [-0.39, 0.29) is 17.3 Å². The summed E-state index contributed by atoms with van der Waals surface area (Å²) in [6.45, 7) is 0.948. The normalized spacial score (nSPS) is 15.3. The lowest BCUT2D eigenvalue weighted by atomic mass is 10.2. The quantitative estimate of drug-likeness (QED) is 0.741. The smallest absolute Gasteiger partial charge is 0.322 e. The average Bonchev–Trinajstić information content (AvgIpc) is 2.64. The van der Waals surface area contributed by atoms with E-state index in [1.54, 1.807) is 0 Å². The van der Waals surface area contributed by atoms with Gasteiger partial charge in [-0.3, -0.25) is 9.69 Å². The monoisotopic (exact) mass is 208 g/mol. The molecule has 15 heavy (non-hydrogen) atoms. The number of hydrogen-bond acceptors (Lipinski definition) is 2. The third-order valence-electron chi connectivity index (χ3n) is 2.26. The summed E-state index contributed by atoms with van der Waals surface area (Å²) in [5.41, 5.74) is 0.464. The summed E-state index contributed by atoms with van der Waals surface area (Å²) in [6.07, 6.45) is 0.566. The first-order chi connectivity index (χ1) is 7.22. The predicted molar refractivity (Wildman–Crippen MR) is 52.5 cm³/mol. The zero-order chi connectivity index (χ0) is 10.8. The van der Waals surface area contributed by atoms with Crippen LogP contribution in [0.5, 0.6) is 0 Å². The number of carbonyl (C=O) groups is 2. The van der Waals surface area contributed by atoms with Gasteiger partial charge in [-0.15, -0.1) is 0 Å². The predicted octanol–water partition coefficient (Wildman–Crippen LogP) is 1.17. The maximum absolute atomic E-state index is 13.5. The number of rotatable bonds is 2. The highest BCUT2D eigenvalue weighted by Gasteiger charge is 2.23. The molecule has 0 saturated carbocycles. The number of amides is 2. The van der Waals surface area contributed by atoms with E-state index in [9.17, 15) is 14.0 Å². The van der Waals surface area contributed by atoms with E-state index in [1.807, 2.05) is 0 Å². The van der Waals surface area contributed by atoms with Crippen LogP contribution in [-0.4, -0.2) is 25.4 Å². The summed E-state index contributed by atoms with van der Waals surface area (Å²) in [4.78, 5) is 23.0. The first-order valence-corrected chi connectivity index (χ1v) is 4.52. The van der Waals surface area contributed by atoms with Crippen LogP contribution in [0.2, 0.25) is 0 Å². The summed E-state index contributed by atoms with van der Waals surface area (Å²) in [5.74, 6) is -0.559. The molecule has 2 amide bonds. The third-order valence-corrected chi connectivity index (χ3v) is 2.26. The molecule has 2 rings (SSSR count). The lowest BCUT2D eigenvalue weighted by molar-refractivity contribution is 0.112. The second-order valence-electron chi connectivity index (χ2n) is 3.21. The lowest BCUT2D eigenvalue weighted by Gasteiger charge is -2.14. The van der Waals surface area contributed by atoms with Gasteiger partial charge < -0.3 is 5.32 Å². The molecule has 0 unspecified atom stereocenters. The standard InChI is InChI=1S/C10H9FN2O2/c11-8-5-7(6-14)1-2-9(8)13-4-3-12-10(13)15/h1-2,5-6H,3-4H2,(H,12,15). The Hall–Kier alpha value is -1.91. The first-order valence-electron chi connectivity index (χ1n) is 4.52. The summed E-state index contributed by atoms with van der Waals surface area (Å²) < 4.78 is 13.5. The van der Waals surface area contributed by atoms with Crippen LogP contribution in [0.3, 0.4) is 0 Å². The summed E-state index contributed by atoms with van der Waals surface area (Å²) >= 11 is 0. The van der Waals surface area contributed by atoms with E-state index in [1.165, 1.54) is 17.0 Å². The molecule has 78 valence electrons. The number of anilines is 1. The Labute approximate surface area is 85.7 Å². The number of hydrogen-bond donors (Lipinski definition) is 1. The van der Waals surface area contributed by atoms with Crippen molar-refractivity contribution in [2.45, 2.75) is 0 Å². The highest BCUT2D eigenvalue weighted by molar-refractivity contribution is 5.94. The topological polar surface area (TPSA) is 49.4 Å². The van der Waals surface area contributed by atoms with Crippen LogP contribution in [0.25, 0.3) is 0 Å². The van der Waals surface area contributed by atoms with Gasteiger partial charge in [0.1, 0.15) is 12.1 Å². The Morgan fingerprint density at radius 3 is 2.80 bits per heavy atom. The van der Waals surface area contributed by atoms with E-state index in [0.717, 1.165) is 6.07 Å². The van der Waals surface area contributed by atoms with Crippen molar-refractivity contribution in [3.63, 3.8) is 0 Å². The largest absolute Gasteiger partial charge is 0.336 e. The molecule has 0 atom stereocenters. The number of urea groups is 1. The van der Waals surface area contributed by atoms with Crippen LogP contribution in [0.4, 0.5) is 14.9 Å². The SMILES string of the molecule is O=Cc1ccc(N2CCNC2=O)c(F)c1. The number of nitrogens with zero attached hydrogens (tertiary/aromatic N) is 1. The van der Waals surface area contributed by atoms with Crippen molar-refractivity contribution < 1.29 is 14.0 Å². The van der Waals surface area contributed by atoms with Crippen LogP contribution in [0, 0.1) is 5.82 Å². The van der Waals surface area contributed by atoms with Gasteiger partial charge in [-0.05, 0) is 18.2 Å². The Morgan fingerprint density at radius 2 is 2.27 bits per heavy atom. The van der Waals surface area contributed by atoms with Gasteiger partial charge in [0, 0.05) is 18.7 Å². The van der Waals surface area contributed by atoms with Crippen molar-refractivity contribution in [3.8, 4) is 0 Å². The van der Waals surface area contributed by atoms with Gasteiger partial charge in [-0.25, -0.2) is 9.18 Å². The van der Waals surface area contributed by atoms with Gasteiger partial charge in [-0.2, -0.15) is 0 Å².